The minimum Gasteiger partial charge on any atom is -0.472 e. The number of carbonyl (C=O) groups excluding carboxylic acids is 1. The number of furan rings is 1. The van der Waals surface area contributed by atoms with E-state index in [9.17, 15) is 9.90 Å². The van der Waals surface area contributed by atoms with Crippen molar-refractivity contribution >= 4 is 33.8 Å². The van der Waals surface area contributed by atoms with Crippen LogP contribution in [0, 0.1) is 0 Å². The zero-order valence-corrected chi connectivity index (χ0v) is 19.5. The van der Waals surface area contributed by atoms with Crippen LogP contribution in [-0.4, -0.2) is 36.4 Å². The predicted octanol–water partition coefficient (Wildman–Crippen LogP) is 5.23. The summed E-state index contributed by atoms with van der Waals surface area (Å²) in [5.41, 5.74) is 3.48. The SMILES string of the molecule is CC(C)(O)CCn1cc2cc(NC(=O)c3csc(-c4cccnc4)n3)c(-c3ccoc3)cc2n1. The first-order valence-electron chi connectivity index (χ1n) is 10.8. The molecule has 172 valence electrons. The number of aromatic nitrogens is 4. The highest BCUT2D eigenvalue weighted by Gasteiger charge is 2.18. The third-order valence-electron chi connectivity index (χ3n) is 5.37. The Hall–Kier alpha value is -3.82. The molecule has 0 saturated heterocycles. The van der Waals surface area contributed by atoms with E-state index < -0.39 is 5.60 Å². The van der Waals surface area contributed by atoms with E-state index in [1.54, 1.807) is 44.1 Å². The average Bonchev–Trinajstić information content (AvgIpc) is 3.57. The van der Waals surface area contributed by atoms with Crippen molar-refractivity contribution < 1.29 is 14.3 Å². The molecule has 0 unspecified atom stereocenters. The maximum atomic E-state index is 13.1. The van der Waals surface area contributed by atoms with E-state index in [2.05, 4.69) is 20.4 Å². The second kappa shape index (κ2) is 8.85. The van der Waals surface area contributed by atoms with Crippen LogP contribution in [0.1, 0.15) is 30.8 Å². The van der Waals surface area contributed by atoms with Crippen LogP contribution >= 0.6 is 11.3 Å². The zero-order chi connectivity index (χ0) is 23.7. The molecule has 2 N–H and O–H groups in total. The van der Waals surface area contributed by atoms with Crippen LogP contribution in [0.4, 0.5) is 5.69 Å². The van der Waals surface area contributed by atoms with Crippen LogP contribution in [0.5, 0.6) is 0 Å². The van der Waals surface area contributed by atoms with Crippen LogP contribution < -0.4 is 5.32 Å². The van der Waals surface area contributed by atoms with Crippen LogP contribution in [0.3, 0.4) is 0 Å². The minimum absolute atomic E-state index is 0.301. The number of fused-ring (bicyclic) bond motifs is 1. The average molecular weight is 474 g/mol. The van der Waals surface area contributed by atoms with Gasteiger partial charge in [0.05, 0.1) is 23.6 Å². The number of anilines is 1. The molecule has 0 spiro atoms. The normalized spacial score (nSPS) is 11.7. The van der Waals surface area contributed by atoms with Gasteiger partial charge in [0.2, 0.25) is 0 Å². The Morgan fingerprint density at radius 1 is 1.26 bits per heavy atom. The lowest BCUT2D eigenvalue weighted by atomic mass is 10.0. The molecule has 0 atom stereocenters. The van der Waals surface area contributed by atoms with E-state index in [4.69, 9.17) is 4.42 Å². The van der Waals surface area contributed by atoms with Crippen LogP contribution in [0.25, 0.3) is 32.6 Å². The number of thiazole rings is 1. The van der Waals surface area contributed by atoms with Gasteiger partial charge in [-0.15, -0.1) is 11.3 Å². The van der Waals surface area contributed by atoms with Crippen molar-refractivity contribution in [3.05, 3.63) is 72.5 Å². The van der Waals surface area contributed by atoms with Gasteiger partial charge in [-0.25, -0.2) is 4.98 Å². The second-order valence-corrected chi connectivity index (χ2v) is 9.52. The third-order valence-corrected chi connectivity index (χ3v) is 6.26. The van der Waals surface area contributed by atoms with Gasteiger partial charge in [-0.05, 0) is 50.6 Å². The number of amides is 1. The first-order chi connectivity index (χ1) is 16.4. The summed E-state index contributed by atoms with van der Waals surface area (Å²) >= 11 is 1.40. The molecule has 4 aromatic heterocycles. The molecule has 8 nitrogen and oxygen atoms in total. The number of benzene rings is 1. The van der Waals surface area contributed by atoms with Crippen molar-refractivity contribution in [3.8, 4) is 21.7 Å². The van der Waals surface area contributed by atoms with Gasteiger partial charge in [0.25, 0.3) is 5.91 Å². The highest BCUT2D eigenvalue weighted by atomic mass is 32.1. The molecule has 0 aliphatic heterocycles. The highest BCUT2D eigenvalue weighted by molar-refractivity contribution is 7.13. The lowest BCUT2D eigenvalue weighted by molar-refractivity contribution is 0.0651. The Labute approximate surface area is 199 Å². The fourth-order valence-electron chi connectivity index (χ4n) is 3.57. The molecule has 1 aromatic carbocycles. The number of carbonyl (C=O) groups is 1. The third kappa shape index (κ3) is 4.75. The summed E-state index contributed by atoms with van der Waals surface area (Å²) in [6.07, 6.45) is 9.13. The number of nitrogens with zero attached hydrogens (tertiary/aromatic N) is 4. The van der Waals surface area contributed by atoms with Gasteiger partial charge >= 0.3 is 0 Å². The first kappa shape index (κ1) is 22.0. The van der Waals surface area contributed by atoms with Gasteiger partial charge in [-0.2, -0.15) is 5.10 Å². The zero-order valence-electron chi connectivity index (χ0n) is 18.7. The van der Waals surface area contributed by atoms with E-state index >= 15 is 0 Å². The largest absolute Gasteiger partial charge is 0.472 e. The predicted molar refractivity (Wildman–Crippen MR) is 132 cm³/mol. The molecular weight excluding hydrogens is 450 g/mol. The molecule has 1 amide bonds. The molecule has 9 heteroatoms. The number of nitrogens with one attached hydrogen (secondary N) is 1. The van der Waals surface area contributed by atoms with E-state index in [1.807, 2.05) is 41.2 Å². The van der Waals surface area contributed by atoms with E-state index in [0.29, 0.717) is 24.3 Å². The smallest absolute Gasteiger partial charge is 0.275 e. The van der Waals surface area contributed by atoms with Crippen molar-refractivity contribution in [3.63, 3.8) is 0 Å². The summed E-state index contributed by atoms with van der Waals surface area (Å²) in [6, 6.07) is 9.42. The molecule has 34 heavy (non-hydrogen) atoms. The van der Waals surface area contributed by atoms with Crippen molar-refractivity contribution in [1.29, 1.82) is 0 Å². The number of hydrogen-bond acceptors (Lipinski definition) is 7. The van der Waals surface area contributed by atoms with Gasteiger partial charge in [0.1, 0.15) is 10.7 Å². The second-order valence-electron chi connectivity index (χ2n) is 8.66. The monoisotopic (exact) mass is 473 g/mol. The van der Waals surface area contributed by atoms with E-state index in [1.165, 1.54) is 11.3 Å². The van der Waals surface area contributed by atoms with Crippen LogP contribution in [0.15, 0.2) is 71.2 Å². The van der Waals surface area contributed by atoms with Gasteiger partial charge < -0.3 is 14.8 Å². The maximum Gasteiger partial charge on any atom is 0.275 e. The molecule has 0 radical (unpaired) electrons. The Morgan fingerprint density at radius 3 is 2.88 bits per heavy atom. The number of aliphatic hydroxyl groups is 1. The Bertz CT molecular complexity index is 1430. The molecule has 4 heterocycles. The van der Waals surface area contributed by atoms with Gasteiger partial charge in [0, 0.05) is 58.3 Å². The van der Waals surface area contributed by atoms with Gasteiger partial charge in [0.15, 0.2) is 0 Å². The van der Waals surface area contributed by atoms with Crippen LogP contribution in [-0.2, 0) is 6.54 Å². The van der Waals surface area contributed by atoms with Gasteiger partial charge in [-0.1, -0.05) is 0 Å². The molecular formula is C25H23N5O3S. The maximum absolute atomic E-state index is 13.1. The number of aryl methyl sites for hydroxylation is 1. The van der Waals surface area contributed by atoms with Crippen molar-refractivity contribution in [2.75, 3.05) is 5.32 Å². The first-order valence-corrected chi connectivity index (χ1v) is 11.7. The molecule has 0 bridgehead atoms. The molecule has 5 rings (SSSR count). The summed E-state index contributed by atoms with van der Waals surface area (Å²) in [4.78, 5) is 21.7. The molecule has 0 aliphatic rings. The minimum atomic E-state index is -0.776. The quantitative estimate of drug-likeness (QED) is 0.335. The molecule has 0 fully saturated rings. The van der Waals surface area contributed by atoms with Crippen molar-refractivity contribution in [1.82, 2.24) is 19.7 Å². The standard InChI is InChI=1S/C25H23N5O3S/c1-25(2,32)6-8-30-13-18-10-21(19(11-20(18)29-30)17-5-9-33-14-17)27-23(31)22-15-34-24(28-22)16-4-3-7-26-12-16/h3-5,7,9-15,32H,6,8H2,1-2H3,(H,27,31). The number of hydrogen-bond donors (Lipinski definition) is 2. The summed E-state index contributed by atoms with van der Waals surface area (Å²) in [5.74, 6) is -0.301. The Balaban J connectivity index is 1.46. The van der Waals surface area contributed by atoms with E-state index in [0.717, 1.165) is 32.6 Å². The summed E-state index contributed by atoms with van der Waals surface area (Å²) in [7, 11) is 0. The Morgan fingerprint density at radius 2 is 2.15 bits per heavy atom. The fourth-order valence-corrected chi connectivity index (χ4v) is 4.36. The highest BCUT2D eigenvalue weighted by Crippen LogP contribution is 2.33. The van der Waals surface area contributed by atoms with Gasteiger partial charge in [-0.3, -0.25) is 14.5 Å². The number of pyridine rings is 1. The van der Waals surface area contributed by atoms with Crippen molar-refractivity contribution in [2.24, 2.45) is 0 Å². The lowest BCUT2D eigenvalue weighted by Crippen LogP contribution is -2.21. The summed E-state index contributed by atoms with van der Waals surface area (Å²) < 4.78 is 7.09. The topological polar surface area (TPSA) is 106 Å². The van der Waals surface area contributed by atoms with Crippen LogP contribution in [0.2, 0.25) is 0 Å². The Kier molecular flexibility index (Phi) is 5.72. The fraction of sp³-hybridized carbons (Fsp3) is 0.200. The summed E-state index contributed by atoms with van der Waals surface area (Å²) in [5, 5.41) is 21.1. The summed E-state index contributed by atoms with van der Waals surface area (Å²) in [6.45, 7) is 4.13. The van der Waals surface area contributed by atoms with E-state index in [-0.39, 0.29) is 5.91 Å². The molecule has 5 aromatic rings. The lowest BCUT2D eigenvalue weighted by Gasteiger charge is -2.16. The molecule has 0 saturated carbocycles. The molecule has 0 aliphatic carbocycles. The number of rotatable bonds is 7. The van der Waals surface area contributed by atoms with Crippen molar-refractivity contribution in [2.45, 2.75) is 32.4 Å².